The maximum Gasteiger partial charge on any atom is 0.0354 e. The van der Waals surface area contributed by atoms with Crippen LogP contribution in [0.5, 0.6) is 0 Å². The number of aryl methyl sites for hydroxylation is 1. The van der Waals surface area contributed by atoms with Crippen molar-refractivity contribution in [2.24, 2.45) is 5.92 Å². The first kappa shape index (κ1) is 16.0. The highest BCUT2D eigenvalue weighted by Crippen LogP contribution is 2.35. The fraction of sp³-hybridized carbons (Fsp3) is 0.500. The third-order valence-electron chi connectivity index (χ3n) is 4.60. The highest BCUT2D eigenvalue weighted by Gasteiger charge is 2.23. The number of hydrogen-bond acceptors (Lipinski definition) is 1. The Kier molecular flexibility index (Phi) is 5.81. The molecule has 1 N–H and O–H groups in total. The molecule has 0 fully saturated rings. The van der Waals surface area contributed by atoms with E-state index >= 15 is 0 Å². The van der Waals surface area contributed by atoms with Crippen LogP contribution in [0.15, 0.2) is 36.4 Å². The Bertz CT molecular complexity index is 567. The van der Waals surface area contributed by atoms with Gasteiger partial charge in [0.05, 0.1) is 0 Å². The molecule has 114 valence electrons. The van der Waals surface area contributed by atoms with Crippen LogP contribution in [0.3, 0.4) is 0 Å². The summed E-state index contributed by atoms with van der Waals surface area (Å²) in [5.41, 5.74) is 2.91. The molecule has 2 aromatic rings. The highest BCUT2D eigenvalue weighted by molar-refractivity contribution is 5.87. The second-order valence-corrected chi connectivity index (χ2v) is 6.12. The number of nitrogens with one attached hydrogen (secondary N) is 1. The van der Waals surface area contributed by atoms with Crippen LogP contribution in [0.2, 0.25) is 0 Å². The summed E-state index contributed by atoms with van der Waals surface area (Å²) in [6.07, 6.45) is 5.10. The molecular weight excluding hydrogens is 254 g/mol. The fourth-order valence-electron chi connectivity index (χ4n) is 3.65. The molecule has 1 unspecified atom stereocenters. The molecule has 2 aromatic carbocycles. The Morgan fingerprint density at radius 1 is 0.952 bits per heavy atom. The minimum atomic E-state index is 0.455. The second kappa shape index (κ2) is 7.61. The summed E-state index contributed by atoms with van der Waals surface area (Å²) in [4.78, 5) is 0. The molecule has 21 heavy (non-hydrogen) atoms. The average molecular weight is 283 g/mol. The van der Waals surface area contributed by atoms with E-state index in [1.54, 1.807) is 0 Å². The van der Waals surface area contributed by atoms with Crippen molar-refractivity contribution < 1.29 is 0 Å². The Morgan fingerprint density at radius 2 is 1.62 bits per heavy atom. The first-order valence-corrected chi connectivity index (χ1v) is 8.38. The number of hydrogen-bond donors (Lipinski definition) is 1. The molecule has 0 amide bonds. The molecule has 0 spiro atoms. The van der Waals surface area contributed by atoms with Gasteiger partial charge >= 0.3 is 0 Å². The summed E-state index contributed by atoms with van der Waals surface area (Å²) < 4.78 is 0. The van der Waals surface area contributed by atoms with Gasteiger partial charge in [0, 0.05) is 6.04 Å². The Hall–Kier alpha value is -1.34. The lowest BCUT2D eigenvalue weighted by Crippen LogP contribution is -2.26. The van der Waals surface area contributed by atoms with E-state index < -0.39 is 0 Å². The largest absolute Gasteiger partial charge is 0.313 e. The number of rotatable bonds is 7. The smallest absolute Gasteiger partial charge is 0.0354 e. The van der Waals surface area contributed by atoms with Crippen LogP contribution in [0.4, 0.5) is 0 Å². The zero-order chi connectivity index (χ0) is 15.2. The summed E-state index contributed by atoms with van der Waals surface area (Å²) in [5, 5.41) is 6.38. The normalized spacial score (nSPS) is 13.0. The maximum atomic E-state index is 3.62. The third kappa shape index (κ3) is 3.47. The molecule has 0 heterocycles. The van der Waals surface area contributed by atoms with Crippen molar-refractivity contribution in [3.63, 3.8) is 0 Å². The second-order valence-electron chi connectivity index (χ2n) is 6.12. The molecule has 0 radical (unpaired) electrons. The molecule has 0 aliphatic rings. The molecule has 1 nitrogen and oxygen atoms in total. The van der Waals surface area contributed by atoms with E-state index in [9.17, 15) is 0 Å². The van der Waals surface area contributed by atoms with Crippen molar-refractivity contribution in [2.75, 3.05) is 7.05 Å². The minimum Gasteiger partial charge on any atom is -0.313 e. The summed E-state index contributed by atoms with van der Waals surface area (Å²) in [7, 11) is 2.12. The monoisotopic (exact) mass is 283 g/mol. The van der Waals surface area contributed by atoms with Gasteiger partial charge in [-0.15, -0.1) is 0 Å². The Labute approximate surface area is 129 Å². The van der Waals surface area contributed by atoms with Gasteiger partial charge in [-0.05, 0) is 54.6 Å². The van der Waals surface area contributed by atoms with Gasteiger partial charge in [-0.3, -0.25) is 0 Å². The topological polar surface area (TPSA) is 12.0 Å². The van der Waals surface area contributed by atoms with E-state index in [4.69, 9.17) is 0 Å². The van der Waals surface area contributed by atoms with E-state index in [1.807, 2.05) is 0 Å². The average Bonchev–Trinajstić information content (AvgIpc) is 2.50. The van der Waals surface area contributed by atoms with Gasteiger partial charge in [0.2, 0.25) is 0 Å². The van der Waals surface area contributed by atoms with Gasteiger partial charge in [-0.2, -0.15) is 0 Å². The summed E-state index contributed by atoms with van der Waals surface area (Å²) in [5.74, 6) is 0.717. The van der Waals surface area contributed by atoms with Gasteiger partial charge in [0.25, 0.3) is 0 Å². The van der Waals surface area contributed by atoms with E-state index in [1.165, 1.54) is 47.6 Å². The first-order chi connectivity index (χ1) is 10.2. The van der Waals surface area contributed by atoms with Crippen molar-refractivity contribution in [3.8, 4) is 0 Å². The Balaban J connectivity index is 2.52. The molecule has 0 aliphatic carbocycles. The van der Waals surface area contributed by atoms with Crippen molar-refractivity contribution in [1.29, 1.82) is 0 Å². The molecule has 0 saturated heterocycles. The van der Waals surface area contributed by atoms with Crippen LogP contribution in [-0.4, -0.2) is 7.05 Å². The van der Waals surface area contributed by atoms with Gasteiger partial charge in [-0.1, -0.05) is 63.1 Å². The minimum absolute atomic E-state index is 0.455. The van der Waals surface area contributed by atoms with Gasteiger partial charge in [0.15, 0.2) is 0 Å². The van der Waals surface area contributed by atoms with Crippen molar-refractivity contribution >= 4 is 10.8 Å². The van der Waals surface area contributed by atoms with Crippen molar-refractivity contribution in [3.05, 3.63) is 47.5 Å². The van der Waals surface area contributed by atoms with Crippen LogP contribution >= 0.6 is 0 Å². The maximum absolute atomic E-state index is 3.62. The van der Waals surface area contributed by atoms with E-state index in [0.29, 0.717) is 6.04 Å². The SMILES string of the molecule is CCCC(CCC)C(NC)c1c(C)ccc2ccccc12. The van der Waals surface area contributed by atoms with E-state index in [0.717, 1.165) is 5.92 Å². The number of fused-ring (bicyclic) bond motifs is 1. The summed E-state index contributed by atoms with van der Waals surface area (Å²) >= 11 is 0. The Morgan fingerprint density at radius 3 is 2.24 bits per heavy atom. The zero-order valence-corrected chi connectivity index (χ0v) is 13.9. The standard InChI is InChI=1S/C20H29N/c1-5-9-17(10-6-2)20(21-4)19-15(3)13-14-16-11-7-8-12-18(16)19/h7-8,11-14,17,20-21H,5-6,9-10H2,1-4H3. The molecule has 1 heteroatoms. The first-order valence-electron chi connectivity index (χ1n) is 8.38. The lowest BCUT2D eigenvalue weighted by molar-refractivity contribution is 0.331. The molecule has 0 saturated carbocycles. The van der Waals surface area contributed by atoms with Crippen molar-refractivity contribution in [2.45, 2.75) is 52.5 Å². The van der Waals surface area contributed by atoms with Gasteiger partial charge < -0.3 is 5.32 Å². The van der Waals surface area contributed by atoms with Crippen LogP contribution in [0.1, 0.15) is 56.7 Å². The number of benzene rings is 2. The molecule has 0 aliphatic heterocycles. The quantitative estimate of drug-likeness (QED) is 0.695. The molecule has 1 atom stereocenters. The highest BCUT2D eigenvalue weighted by atomic mass is 14.9. The van der Waals surface area contributed by atoms with Crippen LogP contribution < -0.4 is 5.32 Å². The van der Waals surface area contributed by atoms with Crippen LogP contribution in [-0.2, 0) is 0 Å². The molecule has 0 bridgehead atoms. The lowest BCUT2D eigenvalue weighted by Gasteiger charge is -2.29. The lowest BCUT2D eigenvalue weighted by atomic mass is 9.82. The van der Waals surface area contributed by atoms with Crippen LogP contribution in [0.25, 0.3) is 10.8 Å². The van der Waals surface area contributed by atoms with Gasteiger partial charge in [0.1, 0.15) is 0 Å². The molecular formula is C20H29N. The zero-order valence-electron chi connectivity index (χ0n) is 13.9. The van der Waals surface area contributed by atoms with E-state index in [2.05, 4.69) is 69.5 Å². The third-order valence-corrected chi connectivity index (χ3v) is 4.60. The van der Waals surface area contributed by atoms with E-state index in [-0.39, 0.29) is 0 Å². The summed E-state index contributed by atoms with van der Waals surface area (Å²) in [6, 6.07) is 13.8. The predicted octanol–water partition coefficient (Wildman–Crippen LogP) is 5.63. The van der Waals surface area contributed by atoms with Crippen molar-refractivity contribution in [1.82, 2.24) is 5.32 Å². The van der Waals surface area contributed by atoms with Gasteiger partial charge in [-0.25, -0.2) is 0 Å². The molecule has 2 rings (SSSR count). The van der Waals surface area contributed by atoms with Crippen LogP contribution in [0, 0.1) is 12.8 Å². The summed E-state index contributed by atoms with van der Waals surface area (Å²) in [6.45, 7) is 6.84. The fourth-order valence-corrected chi connectivity index (χ4v) is 3.65. The molecule has 0 aromatic heterocycles. The predicted molar refractivity (Wildman–Crippen MR) is 93.8 cm³/mol.